The molecule has 0 aromatic carbocycles. The van der Waals surface area contributed by atoms with Gasteiger partial charge in [0.15, 0.2) is 9.84 Å². The van der Waals surface area contributed by atoms with E-state index < -0.39 is 9.84 Å². The van der Waals surface area contributed by atoms with Crippen molar-refractivity contribution in [1.29, 1.82) is 0 Å². The summed E-state index contributed by atoms with van der Waals surface area (Å²) in [5.74, 6) is 0.276. The summed E-state index contributed by atoms with van der Waals surface area (Å²) in [5.41, 5.74) is 0.994. The molecular formula is C13H15ClN2O2S. The van der Waals surface area contributed by atoms with Gasteiger partial charge >= 0.3 is 0 Å². The molecule has 4 nitrogen and oxygen atoms in total. The molecule has 0 spiro atoms. The standard InChI is InChI=1S/C13H15ClN2O2S/c14-13-8-10-4-6-16(12(10)9-15-13)5-1-7-19(17,18)11-2-3-11/h4,6,8-9,11H,1-3,5,7H2. The first-order valence-electron chi connectivity index (χ1n) is 6.38. The summed E-state index contributed by atoms with van der Waals surface area (Å²) >= 11 is 5.83. The molecule has 1 aliphatic rings. The molecule has 0 unspecified atom stereocenters. The number of halogens is 1. The Hall–Kier alpha value is -1.07. The fourth-order valence-corrected chi connectivity index (χ4v) is 4.17. The molecule has 19 heavy (non-hydrogen) atoms. The molecule has 0 saturated heterocycles. The van der Waals surface area contributed by atoms with Gasteiger partial charge in [-0.25, -0.2) is 13.4 Å². The minimum absolute atomic E-state index is 0.0608. The van der Waals surface area contributed by atoms with E-state index >= 15 is 0 Å². The highest BCUT2D eigenvalue weighted by Gasteiger charge is 2.34. The van der Waals surface area contributed by atoms with Crippen molar-refractivity contribution in [3.63, 3.8) is 0 Å². The topological polar surface area (TPSA) is 52.0 Å². The van der Waals surface area contributed by atoms with Gasteiger partial charge in [0.05, 0.1) is 22.7 Å². The molecule has 2 aromatic rings. The quantitative estimate of drug-likeness (QED) is 0.797. The van der Waals surface area contributed by atoms with Crippen molar-refractivity contribution in [1.82, 2.24) is 9.55 Å². The highest BCUT2D eigenvalue weighted by molar-refractivity contribution is 7.92. The first-order chi connectivity index (χ1) is 9.06. The van der Waals surface area contributed by atoms with E-state index in [1.807, 2.05) is 22.9 Å². The Labute approximate surface area is 117 Å². The van der Waals surface area contributed by atoms with E-state index in [0.29, 0.717) is 18.1 Å². The highest BCUT2D eigenvalue weighted by atomic mass is 35.5. The van der Waals surface area contributed by atoms with Crippen LogP contribution in [0.25, 0.3) is 10.9 Å². The predicted molar refractivity (Wildman–Crippen MR) is 76.2 cm³/mol. The third-order valence-electron chi connectivity index (χ3n) is 3.48. The lowest BCUT2D eigenvalue weighted by atomic mass is 10.3. The maximum atomic E-state index is 11.8. The minimum Gasteiger partial charge on any atom is -0.346 e. The Morgan fingerprint density at radius 3 is 2.95 bits per heavy atom. The maximum Gasteiger partial charge on any atom is 0.153 e. The van der Waals surface area contributed by atoms with Crippen LogP contribution >= 0.6 is 11.6 Å². The van der Waals surface area contributed by atoms with Crippen LogP contribution < -0.4 is 0 Å². The summed E-state index contributed by atoms with van der Waals surface area (Å²) in [6.07, 6.45) is 6.01. The summed E-state index contributed by atoms with van der Waals surface area (Å²) in [7, 11) is -2.85. The molecule has 2 heterocycles. The van der Waals surface area contributed by atoms with E-state index in [-0.39, 0.29) is 11.0 Å². The summed E-state index contributed by atoms with van der Waals surface area (Å²) < 4.78 is 25.6. The molecule has 2 aromatic heterocycles. The van der Waals surface area contributed by atoms with Crippen molar-refractivity contribution in [2.75, 3.05) is 5.75 Å². The first kappa shape index (κ1) is 12.9. The van der Waals surface area contributed by atoms with Gasteiger partial charge in [-0.3, -0.25) is 0 Å². The van der Waals surface area contributed by atoms with Gasteiger partial charge in [-0.05, 0) is 31.4 Å². The summed E-state index contributed by atoms with van der Waals surface area (Å²) in [4.78, 5) is 4.06. The van der Waals surface area contributed by atoms with Gasteiger partial charge in [-0.1, -0.05) is 11.6 Å². The molecular weight excluding hydrogens is 284 g/mol. The zero-order valence-electron chi connectivity index (χ0n) is 10.4. The average molecular weight is 299 g/mol. The van der Waals surface area contributed by atoms with Crippen LogP contribution in [0.1, 0.15) is 19.3 Å². The SMILES string of the molecule is O=S(=O)(CCCn1ccc2cc(Cl)ncc21)C1CC1. The average Bonchev–Trinajstić information content (AvgIpc) is 3.14. The predicted octanol–water partition coefficient (Wildman–Crippen LogP) is 2.66. The molecule has 102 valence electrons. The fourth-order valence-electron chi connectivity index (χ4n) is 2.29. The zero-order valence-corrected chi connectivity index (χ0v) is 12.0. The third-order valence-corrected chi connectivity index (χ3v) is 6.04. The number of sulfone groups is 1. The number of pyridine rings is 1. The molecule has 0 N–H and O–H groups in total. The largest absolute Gasteiger partial charge is 0.346 e. The van der Waals surface area contributed by atoms with Crippen molar-refractivity contribution in [3.8, 4) is 0 Å². The number of nitrogens with zero attached hydrogens (tertiary/aromatic N) is 2. The fraction of sp³-hybridized carbons (Fsp3) is 0.462. The van der Waals surface area contributed by atoms with Crippen LogP contribution in [0.4, 0.5) is 0 Å². The minimum atomic E-state index is -2.85. The molecule has 6 heteroatoms. The van der Waals surface area contributed by atoms with Crippen LogP contribution in [0, 0.1) is 0 Å². The second-order valence-corrected chi connectivity index (χ2v) is 7.78. The van der Waals surface area contributed by atoms with Crippen molar-refractivity contribution < 1.29 is 8.42 Å². The van der Waals surface area contributed by atoms with E-state index in [9.17, 15) is 8.42 Å². The van der Waals surface area contributed by atoms with Crippen LogP contribution in [0.2, 0.25) is 5.15 Å². The second-order valence-electron chi connectivity index (χ2n) is 4.99. The molecule has 0 amide bonds. The number of hydrogen-bond acceptors (Lipinski definition) is 3. The van der Waals surface area contributed by atoms with Crippen molar-refractivity contribution in [2.24, 2.45) is 0 Å². The first-order valence-corrected chi connectivity index (χ1v) is 8.47. The zero-order chi connectivity index (χ0) is 13.5. The van der Waals surface area contributed by atoms with Gasteiger partial charge in [-0.2, -0.15) is 0 Å². The molecule has 3 rings (SSSR count). The van der Waals surface area contributed by atoms with E-state index in [4.69, 9.17) is 11.6 Å². The number of rotatable bonds is 5. The Balaban J connectivity index is 1.68. The Bertz CT molecular complexity index is 705. The van der Waals surface area contributed by atoms with Gasteiger partial charge in [0.1, 0.15) is 5.15 Å². The number of fused-ring (bicyclic) bond motifs is 1. The van der Waals surface area contributed by atoms with Crippen LogP contribution in [-0.4, -0.2) is 29.0 Å². The van der Waals surface area contributed by atoms with E-state index in [2.05, 4.69) is 4.98 Å². The Morgan fingerprint density at radius 2 is 2.21 bits per heavy atom. The van der Waals surface area contributed by atoms with Crippen molar-refractivity contribution >= 4 is 32.3 Å². The highest BCUT2D eigenvalue weighted by Crippen LogP contribution is 2.29. The van der Waals surface area contributed by atoms with Gasteiger partial charge in [0.2, 0.25) is 0 Å². The molecule has 1 saturated carbocycles. The maximum absolute atomic E-state index is 11.8. The number of aryl methyl sites for hydroxylation is 1. The van der Waals surface area contributed by atoms with Crippen LogP contribution in [0.5, 0.6) is 0 Å². The lowest BCUT2D eigenvalue weighted by Gasteiger charge is -2.06. The lowest BCUT2D eigenvalue weighted by Crippen LogP contribution is -2.13. The van der Waals surface area contributed by atoms with Crippen LogP contribution in [-0.2, 0) is 16.4 Å². The Kier molecular flexibility index (Phi) is 3.27. The van der Waals surface area contributed by atoms with Gasteiger partial charge in [0.25, 0.3) is 0 Å². The van der Waals surface area contributed by atoms with Crippen LogP contribution in [0.15, 0.2) is 24.5 Å². The van der Waals surface area contributed by atoms with E-state index in [1.54, 1.807) is 6.20 Å². The summed E-state index contributed by atoms with van der Waals surface area (Å²) in [6.45, 7) is 0.693. The molecule has 0 radical (unpaired) electrons. The van der Waals surface area contributed by atoms with Crippen molar-refractivity contribution in [2.45, 2.75) is 31.1 Å². The lowest BCUT2D eigenvalue weighted by molar-refractivity contribution is 0.586. The molecule has 0 bridgehead atoms. The molecule has 1 aliphatic carbocycles. The Morgan fingerprint density at radius 1 is 1.42 bits per heavy atom. The second kappa shape index (κ2) is 4.80. The van der Waals surface area contributed by atoms with Gasteiger partial charge < -0.3 is 4.57 Å². The van der Waals surface area contributed by atoms with Crippen LogP contribution in [0.3, 0.4) is 0 Å². The third kappa shape index (κ3) is 2.77. The van der Waals surface area contributed by atoms with E-state index in [0.717, 1.165) is 23.7 Å². The number of aromatic nitrogens is 2. The van der Waals surface area contributed by atoms with Gasteiger partial charge in [0, 0.05) is 18.1 Å². The smallest absolute Gasteiger partial charge is 0.153 e. The number of hydrogen-bond donors (Lipinski definition) is 0. The molecule has 1 fully saturated rings. The molecule has 0 aliphatic heterocycles. The summed E-state index contributed by atoms with van der Waals surface area (Å²) in [6, 6.07) is 3.78. The van der Waals surface area contributed by atoms with E-state index in [1.165, 1.54) is 0 Å². The normalized spacial score (nSPS) is 16.1. The van der Waals surface area contributed by atoms with Crippen molar-refractivity contribution in [3.05, 3.63) is 29.7 Å². The monoisotopic (exact) mass is 298 g/mol. The van der Waals surface area contributed by atoms with Gasteiger partial charge in [-0.15, -0.1) is 0 Å². The summed E-state index contributed by atoms with van der Waals surface area (Å²) in [5, 5.41) is 1.45. The molecule has 0 atom stereocenters.